The van der Waals surface area contributed by atoms with Gasteiger partial charge in [0.15, 0.2) is 0 Å². The van der Waals surface area contributed by atoms with Gasteiger partial charge in [-0.2, -0.15) is 0 Å². The van der Waals surface area contributed by atoms with Crippen LogP contribution in [-0.4, -0.2) is 34.7 Å². The Morgan fingerprint density at radius 2 is 2.07 bits per heavy atom. The van der Waals surface area contributed by atoms with Gasteiger partial charge in [0.25, 0.3) is 0 Å². The Hall–Kier alpha value is -0.480. The van der Waals surface area contributed by atoms with Crippen LogP contribution < -0.4 is 5.73 Å². The third kappa shape index (κ3) is 2.21. The average molecular weight is 237 g/mol. The molecular formula is C10H21ClN2O2. The van der Waals surface area contributed by atoms with Crippen molar-refractivity contribution in [1.82, 2.24) is 4.90 Å². The van der Waals surface area contributed by atoms with E-state index in [9.17, 15) is 4.79 Å². The smallest absolute Gasteiger partial charge is 0.407 e. The van der Waals surface area contributed by atoms with E-state index in [2.05, 4.69) is 20.8 Å². The molecule has 0 aromatic heterocycles. The van der Waals surface area contributed by atoms with E-state index in [1.807, 2.05) is 0 Å². The first-order valence-electron chi connectivity index (χ1n) is 5.06. The first-order chi connectivity index (χ1) is 6.35. The molecule has 1 amide bonds. The minimum Gasteiger partial charge on any atom is -0.465 e. The highest BCUT2D eigenvalue weighted by Crippen LogP contribution is 2.42. The zero-order valence-electron chi connectivity index (χ0n) is 9.62. The zero-order valence-corrected chi connectivity index (χ0v) is 10.4. The molecule has 1 saturated heterocycles. The van der Waals surface area contributed by atoms with Crippen molar-refractivity contribution in [2.24, 2.45) is 11.1 Å². The topological polar surface area (TPSA) is 66.6 Å². The number of nitrogens with two attached hydrogens (primary N) is 1. The van der Waals surface area contributed by atoms with Crippen LogP contribution in [0.2, 0.25) is 0 Å². The number of hydrogen-bond acceptors (Lipinski definition) is 2. The predicted molar refractivity (Wildman–Crippen MR) is 62.5 cm³/mol. The van der Waals surface area contributed by atoms with E-state index in [0.717, 1.165) is 12.8 Å². The fraction of sp³-hybridized carbons (Fsp3) is 0.900. The third-order valence-electron chi connectivity index (χ3n) is 3.45. The Labute approximate surface area is 97.2 Å². The maximum absolute atomic E-state index is 11.1. The number of carboxylic acid groups (broad SMARTS) is 1. The molecule has 0 unspecified atom stereocenters. The van der Waals surface area contributed by atoms with Gasteiger partial charge in [0.1, 0.15) is 0 Å². The van der Waals surface area contributed by atoms with Crippen molar-refractivity contribution in [3.05, 3.63) is 0 Å². The molecule has 1 heterocycles. The molecule has 0 radical (unpaired) electrons. The van der Waals surface area contributed by atoms with Crippen molar-refractivity contribution in [3.63, 3.8) is 0 Å². The normalized spacial score (nSPS) is 26.3. The molecule has 15 heavy (non-hydrogen) atoms. The first-order valence-corrected chi connectivity index (χ1v) is 5.06. The van der Waals surface area contributed by atoms with Gasteiger partial charge in [0.2, 0.25) is 0 Å². The van der Waals surface area contributed by atoms with Crippen LogP contribution in [-0.2, 0) is 0 Å². The van der Waals surface area contributed by atoms with Crippen LogP contribution in [0, 0.1) is 5.41 Å². The van der Waals surface area contributed by atoms with Gasteiger partial charge in [0.05, 0.1) is 5.54 Å². The molecule has 3 N–H and O–H groups in total. The highest BCUT2D eigenvalue weighted by atomic mass is 35.5. The highest BCUT2D eigenvalue weighted by Gasteiger charge is 2.50. The summed E-state index contributed by atoms with van der Waals surface area (Å²) in [6.07, 6.45) is 0.947. The van der Waals surface area contributed by atoms with Gasteiger partial charge in [0, 0.05) is 13.1 Å². The van der Waals surface area contributed by atoms with E-state index in [1.54, 1.807) is 0 Å². The Balaban J connectivity index is 0.00000196. The summed E-state index contributed by atoms with van der Waals surface area (Å²) in [5.41, 5.74) is 5.30. The Morgan fingerprint density at radius 1 is 1.53 bits per heavy atom. The number of halogens is 1. The third-order valence-corrected chi connectivity index (χ3v) is 3.45. The van der Waals surface area contributed by atoms with E-state index < -0.39 is 6.09 Å². The number of likely N-dealkylation sites (tertiary alicyclic amines) is 1. The molecule has 1 aliphatic heterocycles. The SMILES string of the molecule is CC(C)(C)[C@@]1(CN)CCCN1C(=O)O.Cl. The van der Waals surface area contributed by atoms with Crippen molar-refractivity contribution in [2.45, 2.75) is 39.2 Å². The van der Waals surface area contributed by atoms with Gasteiger partial charge in [-0.3, -0.25) is 0 Å². The fourth-order valence-electron chi connectivity index (χ4n) is 2.46. The van der Waals surface area contributed by atoms with Gasteiger partial charge in [-0.05, 0) is 18.3 Å². The molecule has 0 aromatic carbocycles. The standard InChI is InChI=1S/C10H20N2O2.ClH/c1-9(2,3)10(7-11)5-4-6-12(10)8(13)14;/h4-7,11H2,1-3H3,(H,13,14);1H/t10-;/m0./s1. The monoisotopic (exact) mass is 236 g/mol. The minimum absolute atomic E-state index is 0. The molecule has 0 aliphatic carbocycles. The molecule has 5 heteroatoms. The molecule has 0 aromatic rings. The molecular weight excluding hydrogens is 216 g/mol. The van der Waals surface area contributed by atoms with Gasteiger partial charge in [-0.15, -0.1) is 12.4 Å². The molecule has 1 aliphatic rings. The lowest BCUT2D eigenvalue weighted by atomic mass is 9.72. The minimum atomic E-state index is -0.845. The molecule has 0 bridgehead atoms. The van der Waals surface area contributed by atoms with Crippen LogP contribution >= 0.6 is 12.4 Å². The van der Waals surface area contributed by atoms with Crippen molar-refractivity contribution in [1.29, 1.82) is 0 Å². The maximum Gasteiger partial charge on any atom is 0.407 e. The highest BCUT2D eigenvalue weighted by molar-refractivity contribution is 5.85. The molecule has 0 spiro atoms. The quantitative estimate of drug-likeness (QED) is 0.731. The number of carbonyl (C=O) groups is 1. The van der Waals surface area contributed by atoms with E-state index in [-0.39, 0.29) is 23.4 Å². The van der Waals surface area contributed by atoms with Crippen LogP contribution in [0.25, 0.3) is 0 Å². The molecule has 1 fully saturated rings. The number of hydrogen-bond donors (Lipinski definition) is 2. The zero-order chi connectivity index (χ0) is 11.0. The summed E-state index contributed by atoms with van der Waals surface area (Å²) in [5.74, 6) is 0. The van der Waals surface area contributed by atoms with Crippen molar-refractivity contribution in [3.8, 4) is 0 Å². The van der Waals surface area contributed by atoms with E-state index in [0.29, 0.717) is 13.1 Å². The largest absolute Gasteiger partial charge is 0.465 e. The molecule has 90 valence electrons. The van der Waals surface area contributed by atoms with Crippen LogP contribution in [0.1, 0.15) is 33.6 Å². The van der Waals surface area contributed by atoms with Crippen LogP contribution in [0.5, 0.6) is 0 Å². The second kappa shape index (κ2) is 4.58. The van der Waals surface area contributed by atoms with Crippen molar-refractivity contribution < 1.29 is 9.90 Å². The summed E-state index contributed by atoms with van der Waals surface area (Å²) >= 11 is 0. The lowest BCUT2D eigenvalue weighted by Gasteiger charge is -2.46. The number of amides is 1. The number of nitrogens with zero attached hydrogens (tertiary/aromatic N) is 1. The second-order valence-corrected chi connectivity index (χ2v) is 5.02. The van der Waals surface area contributed by atoms with E-state index in [4.69, 9.17) is 10.8 Å². The number of rotatable bonds is 1. The summed E-state index contributed by atoms with van der Waals surface area (Å²) < 4.78 is 0. The Morgan fingerprint density at radius 3 is 2.33 bits per heavy atom. The summed E-state index contributed by atoms with van der Waals surface area (Å²) in [7, 11) is 0. The molecule has 1 rings (SSSR count). The summed E-state index contributed by atoms with van der Waals surface area (Å²) in [5, 5.41) is 9.11. The average Bonchev–Trinajstić information content (AvgIpc) is 2.46. The summed E-state index contributed by atoms with van der Waals surface area (Å²) in [6, 6.07) is 0. The van der Waals surface area contributed by atoms with Gasteiger partial charge in [-0.25, -0.2) is 4.79 Å². The lowest BCUT2D eigenvalue weighted by molar-refractivity contribution is 0.0370. The lowest BCUT2D eigenvalue weighted by Crippen LogP contribution is -2.59. The molecule has 4 nitrogen and oxygen atoms in total. The van der Waals surface area contributed by atoms with Gasteiger partial charge in [-0.1, -0.05) is 20.8 Å². The maximum atomic E-state index is 11.1. The predicted octanol–water partition coefficient (Wildman–Crippen LogP) is 1.93. The van der Waals surface area contributed by atoms with Crippen LogP contribution in [0.15, 0.2) is 0 Å². The van der Waals surface area contributed by atoms with Crippen molar-refractivity contribution in [2.75, 3.05) is 13.1 Å². The Kier molecular flexibility index (Phi) is 4.43. The summed E-state index contributed by atoms with van der Waals surface area (Å²) in [4.78, 5) is 12.6. The van der Waals surface area contributed by atoms with Gasteiger partial charge >= 0.3 is 6.09 Å². The summed E-state index contributed by atoms with van der Waals surface area (Å²) in [6.45, 7) is 7.19. The first kappa shape index (κ1) is 14.5. The Bertz CT molecular complexity index is 240. The van der Waals surface area contributed by atoms with E-state index in [1.165, 1.54) is 4.90 Å². The second-order valence-electron chi connectivity index (χ2n) is 5.02. The van der Waals surface area contributed by atoms with Gasteiger partial charge < -0.3 is 15.7 Å². The van der Waals surface area contributed by atoms with Crippen LogP contribution in [0.3, 0.4) is 0 Å². The van der Waals surface area contributed by atoms with E-state index >= 15 is 0 Å². The molecule has 1 atom stereocenters. The molecule has 0 saturated carbocycles. The fourth-order valence-corrected chi connectivity index (χ4v) is 2.46. The van der Waals surface area contributed by atoms with Crippen LogP contribution in [0.4, 0.5) is 4.79 Å². The van der Waals surface area contributed by atoms with Crippen molar-refractivity contribution >= 4 is 18.5 Å².